The lowest BCUT2D eigenvalue weighted by molar-refractivity contribution is 0.489. The van der Waals surface area contributed by atoms with Gasteiger partial charge in [0.25, 0.3) is 0 Å². The summed E-state index contributed by atoms with van der Waals surface area (Å²) in [6.07, 6.45) is 5.72. The van der Waals surface area contributed by atoms with E-state index in [2.05, 4.69) is 48.3 Å². The molecule has 0 radical (unpaired) electrons. The molecule has 1 aromatic carbocycles. The largest absolute Gasteiger partial charge is 0.372 e. The molecule has 0 unspecified atom stereocenters. The van der Waals surface area contributed by atoms with Gasteiger partial charge in [-0.2, -0.15) is 0 Å². The standard InChI is InChI=1S/C17H28N2/c1-3-19(4-2)17-11-9-16(10-12-17)14-18-13-15-7-5-6-8-15/h9-12,15,18H,3-8,13-14H2,1-2H3. The maximum atomic E-state index is 3.61. The Morgan fingerprint density at radius 2 is 1.68 bits per heavy atom. The lowest BCUT2D eigenvalue weighted by Gasteiger charge is -2.21. The Balaban J connectivity index is 1.77. The van der Waals surface area contributed by atoms with Crippen molar-refractivity contribution in [2.24, 2.45) is 5.92 Å². The zero-order valence-electron chi connectivity index (χ0n) is 12.5. The first kappa shape index (κ1) is 14.4. The van der Waals surface area contributed by atoms with Crippen molar-refractivity contribution < 1.29 is 0 Å². The quantitative estimate of drug-likeness (QED) is 0.802. The second kappa shape index (κ2) is 7.54. The van der Waals surface area contributed by atoms with Gasteiger partial charge in [-0.05, 0) is 56.8 Å². The van der Waals surface area contributed by atoms with E-state index in [-0.39, 0.29) is 0 Å². The molecule has 0 bridgehead atoms. The fourth-order valence-electron chi connectivity index (χ4n) is 3.05. The van der Waals surface area contributed by atoms with Gasteiger partial charge in [0.05, 0.1) is 0 Å². The van der Waals surface area contributed by atoms with Crippen molar-refractivity contribution in [2.45, 2.75) is 46.1 Å². The molecular weight excluding hydrogens is 232 g/mol. The van der Waals surface area contributed by atoms with Crippen LogP contribution in [-0.4, -0.2) is 19.6 Å². The third-order valence-electron chi connectivity index (χ3n) is 4.30. The van der Waals surface area contributed by atoms with Crippen LogP contribution in [0, 0.1) is 5.92 Å². The normalized spacial score (nSPS) is 15.9. The van der Waals surface area contributed by atoms with Crippen LogP contribution < -0.4 is 10.2 Å². The summed E-state index contributed by atoms with van der Waals surface area (Å²) < 4.78 is 0. The maximum Gasteiger partial charge on any atom is 0.0366 e. The van der Waals surface area contributed by atoms with Gasteiger partial charge in [0, 0.05) is 25.3 Å². The summed E-state index contributed by atoms with van der Waals surface area (Å²) in [7, 11) is 0. The van der Waals surface area contributed by atoms with E-state index in [0.29, 0.717) is 0 Å². The molecular formula is C17H28N2. The van der Waals surface area contributed by atoms with Crippen LogP contribution in [0.4, 0.5) is 5.69 Å². The van der Waals surface area contributed by atoms with Crippen LogP contribution >= 0.6 is 0 Å². The summed E-state index contributed by atoms with van der Waals surface area (Å²) in [4.78, 5) is 2.38. The van der Waals surface area contributed by atoms with Crippen LogP contribution in [0.5, 0.6) is 0 Å². The Labute approximate surface area is 118 Å². The van der Waals surface area contributed by atoms with Crippen molar-refractivity contribution in [3.8, 4) is 0 Å². The maximum absolute atomic E-state index is 3.61. The van der Waals surface area contributed by atoms with E-state index in [9.17, 15) is 0 Å². The van der Waals surface area contributed by atoms with E-state index in [4.69, 9.17) is 0 Å². The number of nitrogens with one attached hydrogen (secondary N) is 1. The number of hydrogen-bond donors (Lipinski definition) is 1. The first-order valence-corrected chi connectivity index (χ1v) is 7.88. The summed E-state index contributed by atoms with van der Waals surface area (Å²) >= 11 is 0. The van der Waals surface area contributed by atoms with Crippen molar-refractivity contribution in [1.29, 1.82) is 0 Å². The molecule has 0 heterocycles. The lowest BCUT2D eigenvalue weighted by Crippen LogP contribution is -2.22. The van der Waals surface area contributed by atoms with Gasteiger partial charge in [0.1, 0.15) is 0 Å². The Kier molecular flexibility index (Phi) is 5.71. The predicted molar refractivity (Wildman–Crippen MR) is 83.7 cm³/mol. The van der Waals surface area contributed by atoms with E-state index < -0.39 is 0 Å². The first-order valence-electron chi connectivity index (χ1n) is 7.88. The average molecular weight is 260 g/mol. The second-order valence-corrected chi connectivity index (χ2v) is 5.62. The van der Waals surface area contributed by atoms with Gasteiger partial charge in [-0.3, -0.25) is 0 Å². The Morgan fingerprint density at radius 3 is 2.26 bits per heavy atom. The molecule has 1 saturated carbocycles. The van der Waals surface area contributed by atoms with E-state index in [0.717, 1.165) is 25.6 Å². The highest BCUT2D eigenvalue weighted by atomic mass is 15.1. The van der Waals surface area contributed by atoms with Gasteiger partial charge < -0.3 is 10.2 Å². The zero-order valence-corrected chi connectivity index (χ0v) is 12.5. The monoisotopic (exact) mass is 260 g/mol. The molecule has 2 rings (SSSR count). The molecule has 0 aromatic heterocycles. The van der Waals surface area contributed by atoms with E-state index in [1.165, 1.54) is 43.5 Å². The molecule has 19 heavy (non-hydrogen) atoms. The van der Waals surface area contributed by atoms with Crippen molar-refractivity contribution in [1.82, 2.24) is 5.32 Å². The molecule has 106 valence electrons. The van der Waals surface area contributed by atoms with E-state index >= 15 is 0 Å². The Bertz CT molecular complexity index is 348. The number of hydrogen-bond acceptors (Lipinski definition) is 2. The summed E-state index contributed by atoms with van der Waals surface area (Å²) in [5.41, 5.74) is 2.73. The summed E-state index contributed by atoms with van der Waals surface area (Å²) in [6.45, 7) is 8.78. The lowest BCUT2D eigenvalue weighted by atomic mass is 10.1. The molecule has 0 saturated heterocycles. The molecule has 2 nitrogen and oxygen atoms in total. The van der Waals surface area contributed by atoms with Crippen LogP contribution in [0.25, 0.3) is 0 Å². The highest BCUT2D eigenvalue weighted by molar-refractivity contribution is 5.47. The average Bonchev–Trinajstić information content (AvgIpc) is 2.95. The minimum absolute atomic E-state index is 0.926. The fourth-order valence-corrected chi connectivity index (χ4v) is 3.05. The van der Waals surface area contributed by atoms with Crippen LogP contribution in [-0.2, 0) is 6.54 Å². The minimum Gasteiger partial charge on any atom is -0.372 e. The van der Waals surface area contributed by atoms with Crippen molar-refractivity contribution in [3.63, 3.8) is 0 Å². The molecule has 2 heteroatoms. The van der Waals surface area contributed by atoms with Gasteiger partial charge in [-0.1, -0.05) is 25.0 Å². The predicted octanol–water partition coefficient (Wildman–Crippen LogP) is 3.81. The number of anilines is 1. The Hall–Kier alpha value is -1.02. The van der Waals surface area contributed by atoms with Crippen molar-refractivity contribution in [3.05, 3.63) is 29.8 Å². The number of benzene rings is 1. The highest BCUT2D eigenvalue weighted by Gasteiger charge is 2.13. The first-order chi connectivity index (χ1) is 9.33. The van der Waals surface area contributed by atoms with Crippen LogP contribution in [0.15, 0.2) is 24.3 Å². The SMILES string of the molecule is CCN(CC)c1ccc(CNCC2CCCC2)cc1. The molecule has 0 aliphatic heterocycles. The fraction of sp³-hybridized carbons (Fsp3) is 0.647. The molecule has 1 aromatic rings. The topological polar surface area (TPSA) is 15.3 Å². The van der Waals surface area contributed by atoms with Gasteiger partial charge in [0.2, 0.25) is 0 Å². The highest BCUT2D eigenvalue weighted by Crippen LogP contribution is 2.23. The van der Waals surface area contributed by atoms with Crippen molar-refractivity contribution >= 4 is 5.69 Å². The molecule has 0 amide bonds. The summed E-state index contributed by atoms with van der Waals surface area (Å²) in [5.74, 6) is 0.926. The second-order valence-electron chi connectivity index (χ2n) is 5.62. The zero-order chi connectivity index (χ0) is 13.5. The molecule has 1 aliphatic rings. The molecule has 1 fully saturated rings. The Morgan fingerprint density at radius 1 is 1.05 bits per heavy atom. The van der Waals surface area contributed by atoms with E-state index in [1.807, 2.05) is 0 Å². The van der Waals surface area contributed by atoms with Crippen LogP contribution in [0.2, 0.25) is 0 Å². The molecule has 1 aliphatic carbocycles. The smallest absolute Gasteiger partial charge is 0.0366 e. The third-order valence-corrected chi connectivity index (χ3v) is 4.30. The molecule has 0 atom stereocenters. The van der Waals surface area contributed by atoms with E-state index in [1.54, 1.807) is 0 Å². The minimum atomic E-state index is 0.926. The summed E-state index contributed by atoms with van der Waals surface area (Å²) in [6, 6.07) is 9.02. The molecule has 1 N–H and O–H groups in total. The van der Waals surface area contributed by atoms with Gasteiger partial charge in [0.15, 0.2) is 0 Å². The molecule has 0 spiro atoms. The van der Waals surface area contributed by atoms with Crippen LogP contribution in [0.1, 0.15) is 45.1 Å². The number of rotatable bonds is 7. The van der Waals surface area contributed by atoms with Crippen LogP contribution in [0.3, 0.4) is 0 Å². The van der Waals surface area contributed by atoms with Gasteiger partial charge in [-0.15, -0.1) is 0 Å². The van der Waals surface area contributed by atoms with Crippen molar-refractivity contribution in [2.75, 3.05) is 24.5 Å². The number of nitrogens with zero attached hydrogens (tertiary/aromatic N) is 1. The summed E-state index contributed by atoms with van der Waals surface area (Å²) in [5, 5.41) is 3.61. The van der Waals surface area contributed by atoms with Gasteiger partial charge >= 0.3 is 0 Å². The van der Waals surface area contributed by atoms with Gasteiger partial charge in [-0.25, -0.2) is 0 Å². The third kappa shape index (κ3) is 4.24.